The maximum atomic E-state index is 13.2. The van der Waals surface area contributed by atoms with Crippen LogP contribution in [0.25, 0.3) is 0 Å². The quantitative estimate of drug-likeness (QED) is 0.332. The van der Waals surface area contributed by atoms with Gasteiger partial charge in [0.15, 0.2) is 0 Å². The second-order valence-electron chi connectivity index (χ2n) is 7.33. The molecule has 0 atom stereocenters. The molecule has 0 aliphatic rings. The van der Waals surface area contributed by atoms with Gasteiger partial charge in [-0.3, -0.25) is 0 Å². The molecule has 5 heteroatoms. The first-order valence-electron chi connectivity index (χ1n) is 10.2. The van der Waals surface area contributed by atoms with E-state index in [1.807, 2.05) is 109 Å². The number of hydrogen-bond donors (Lipinski definition) is 1. The molecule has 0 heterocycles. The van der Waals surface area contributed by atoms with Gasteiger partial charge in [0.05, 0.1) is 0 Å². The number of rotatable bonds is 6. The standard InChI is InChI=1S/C27H22Cl2NOP/c28-21-26(30-27(31)22-13-5-1-6-14-22)32(29,23-15-7-2-8-16-23,24-17-9-3-10-18-24)25-19-11-4-12-20-25/h1-21H,(H,30,31)/b26-21+. The summed E-state index contributed by atoms with van der Waals surface area (Å²) in [5, 5.41) is 5.74. The molecule has 4 rings (SSSR count). The van der Waals surface area contributed by atoms with E-state index in [0.29, 0.717) is 11.0 Å². The molecule has 1 N–H and O–H groups in total. The zero-order valence-corrected chi connectivity index (χ0v) is 19.6. The summed E-state index contributed by atoms with van der Waals surface area (Å²) in [5.74, 6) is -4.17. The molecule has 0 spiro atoms. The summed E-state index contributed by atoms with van der Waals surface area (Å²) in [6.07, 6.45) is 0. The second-order valence-corrected chi connectivity index (χ2v) is 13.6. The fourth-order valence-electron chi connectivity index (χ4n) is 3.99. The van der Waals surface area contributed by atoms with Crippen LogP contribution < -0.4 is 21.2 Å². The number of amides is 1. The van der Waals surface area contributed by atoms with Crippen LogP contribution in [0, 0.1) is 0 Å². The normalized spacial score (nSPS) is 13.1. The number of benzene rings is 4. The molecule has 0 aliphatic carbocycles. The first kappa shape index (κ1) is 22.3. The molecule has 1 amide bonds. The van der Waals surface area contributed by atoms with Crippen LogP contribution in [0.4, 0.5) is 0 Å². The third kappa shape index (κ3) is 3.65. The summed E-state index contributed by atoms with van der Waals surface area (Å²) in [6, 6.07) is 38.6. The van der Waals surface area contributed by atoms with Gasteiger partial charge in [-0.1, -0.05) is 0 Å². The van der Waals surface area contributed by atoms with Crippen molar-refractivity contribution >= 4 is 50.6 Å². The van der Waals surface area contributed by atoms with Gasteiger partial charge in [0.1, 0.15) is 0 Å². The third-order valence-corrected chi connectivity index (χ3v) is 13.2. The summed E-state index contributed by atoms with van der Waals surface area (Å²) in [4.78, 5) is 13.2. The van der Waals surface area contributed by atoms with Gasteiger partial charge in [-0.15, -0.1) is 0 Å². The van der Waals surface area contributed by atoms with E-state index >= 15 is 0 Å². The minimum absolute atomic E-state index is 0.269. The van der Waals surface area contributed by atoms with Crippen LogP contribution in [0.1, 0.15) is 10.4 Å². The molecule has 0 saturated heterocycles. The molecule has 4 aromatic rings. The van der Waals surface area contributed by atoms with Crippen LogP contribution in [0.2, 0.25) is 0 Å². The van der Waals surface area contributed by atoms with E-state index in [0.717, 1.165) is 15.9 Å². The van der Waals surface area contributed by atoms with Crippen molar-refractivity contribution in [1.29, 1.82) is 0 Å². The van der Waals surface area contributed by atoms with E-state index in [9.17, 15) is 4.79 Å². The van der Waals surface area contributed by atoms with Crippen LogP contribution in [-0.2, 0) is 0 Å². The predicted molar refractivity (Wildman–Crippen MR) is 139 cm³/mol. The molecule has 0 bridgehead atoms. The Kier molecular flexibility index (Phi) is 6.48. The Morgan fingerprint density at radius 1 is 0.625 bits per heavy atom. The maximum absolute atomic E-state index is 13.2. The molecular weight excluding hydrogens is 456 g/mol. The van der Waals surface area contributed by atoms with Gasteiger partial charge in [0, 0.05) is 0 Å². The van der Waals surface area contributed by atoms with Crippen molar-refractivity contribution in [1.82, 2.24) is 5.32 Å². The summed E-state index contributed by atoms with van der Waals surface area (Å²) in [6.45, 7) is 0. The van der Waals surface area contributed by atoms with Crippen molar-refractivity contribution in [2.24, 2.45) is 0 Å². The zero-order valence-electron chi connectivity index (χ0n) is 17.2. The van der Waals surface area contributed by atoms with E-state index in [2.05, 4.69) is 5.32 Å². The van der Waals surface area contributed by atoms with Gasteiger partial charge in [0.25, 0.3) is 0 Å². The molecule has 0 radical (unpaired) electrons. The topological polar surface area (TPSA) is 29.1 Å². The Morgan fingerprint density at radius 2 is 0.969 bits per heavy atom. The van der Waals surface area contributed by atoms with Crippen molar-refractivity contribution < 1.29 is 4.79 Å². The fraction of sp³-hybridized carbons (Fsp3) is 0. The SMILES string of the molecule is O=C(N/C(=C\Cl)P(Cl)(c1ccccc1)(c1ccccc1)c1ccccc1)c1ccccc1. The molecule has 160 valence electrons. The van der Waals surface area contributed by atoms with Gasteiger partial charge in [-0.2, -0.15) is 0 Å². The molecular formula is C27H22Cl2NOP. The van der Waals surface area contributed by atoms with Crippen LogP contribution >= 0.6 is 28.8 Å². The van der Waals surface area contributed by atoms with Gasteiger partial charge < -0.3 is 0 Å². The molecule has 4 aromatic carbocycles. The van der Waals surface area contributed by atoms with Crippen molar-refractivity contribution in [2.45, 2.75) is 0 Å². The van der Waals surface area contributed by atoms with Crippen LogP contribution in [0.5, 0.6) is 0 Å². The van der Waals surface area contributed by atoms with E-state index in [1.165, 1.54) is 5.54 Å². The van der Waals surface area contributed by atoms with Gasteiger partial charge >= 0.3 is 199 Å². The number of nitrogens with one attached hydrogen (secondary N) is 1. The van der Waals surface area contributed by atoms with E-state index < -0.39 is 5.96 Å². The summed E-state index contributed by atoms with van der Waals surface area (Å²) < 4.78 is 0. The Hall–Kier alpha value is -2.90. The Labute approximate surface area is 198 Å². The summed E-state index contributed by atoms with van der Waals surface area (Å²) >= 11 is 14.5. The molecule has 0 fully saturated rings. The van der Waals surface area contributed by atoms with Crippen LogP contribution in [0.3, 0.4) is 0 Å². The number of halogens is 2. The molecule has 0 saturated carbocycles. The minimum atomic E-state index is -3.90. The zero-order chi connectivity index (χ0) is 22.5. The third-order valence-electron chi connectivity index (χ3n) is 5.56. The Bertz CT molecular complexity index is 1130. The van der Waals surface area contributed by atoms with Crippen LogP contribution in [-0.4, -0.2) is 5.91 Å². The summed E-state index contributed by atoms with van der Waals surface area (Å²) in [5.41, 5.74) is 2.41. The van der Waals surface area contributed by atoms with E-state index in [4.69, 9.17) is 22.8 Å². The van der Waals surface area contributed by atoms with Gasteiger partial charge in [0.2, 0.25) is 0 Å². The van der Waals surface area contributed by atoms with Crippen molar-refractivity contribution in [2.75, 3.05) is 0 Å². The van der Waals surface area contributed by atoms with Crippen molar-refractivity contribution in [3.05, 3.63) is 138 Å². The number of carbonyl (C=O) groups excluding carboxylic acids is 1. The molecule has 0 aromatic heterocycles. The van der Waals surface area contributed by atoms with Crippen LogP contribution in [0.15, 0.2) is 132 Å². The summed E-state index contributed by atoms with van der Waals surface area (Å²) in [7, 11) is 0. The molecule has 32 heavy (non-hydrogen) atoms. The first-order chi connectivity index (χ1) is 15.6. The van der Waals surface area contributed by atoms with E-state index in [1.54, 1.807) is 12.1 Å². The molecule has 0 unspecified atom stereocenters. The van der Waals surface area contributed by atoms with E-state index in [-0.39, 0.29) is 5.91 Å². The Morgan fingerprint density at radius 3 is 1.31 bits per heavy atom. The Balaban J connectivity index is 2.04. The first-order valence-corrected chi connectivity index (χ1v) is 13.7. The second kappa shape index (κ2) is 9.30. The van der Waals surface area contributed by atoms with Crippen molar-refractivity contribution in [3.8, 4) is 0 Å². The molecule has 2 nitrogen and oxygen atoms in total. The number of carbonyl (C=O) groups is 1. The average Bonchev–Trinajstić information content (AvgIpc) is 2.89. The predicted octanol–water partition coefficient (Wildman–Crippen LogP) is 6.14. The molecule has 0 aliphatic heterocycles. The van der Waals surface area contributed by atoms with Crippen molar-refractivity contribution in [3.63, 3.8) is 0 Å². The van der Waals surface area contributed by atoms with Gasteiger partial charge in [-0.05, 0) is 0 Å². The average molecular weight is 478 g/mol. The fourth-order valence-corrected chi connectivity index (χ4v) is 10.5. The number of hydrogen-bond acceptors (Lipinski definition) is 1. The monoisotopic (exact) mass is 477 g/mol. The van der Waals surface area contributed by atoms with Gasteiger partial charge in [-0.25, -0.2) is 0 Å².